The van der Waals surface area contributed by atoms with E-state index in [0.29, 0.717) is 32.2 Å². The molecular weight excluding hydrogens is 260 g/mol. The van der Waals surface area contributed by atoms with Gasteiger partial charge < -0.3 is 18.9 Å². The molecule has 1 aromatic rings. The van der Waals surface area contributed by atoms with Crippen molar-refractivity contribution >= 4 is 11.7 Å². The molecule has 0 aromatic heterocycles. The first-order chi connectivity index (χ1) is 9.79. The molecule has 1 aromatic carbocycles. The van der Waals surface area contributed by atoms with Crippen molar-refractivity contribution in [2.75, 3.05) is 26.4 Å². The monoisotopic (exact) mass is 278 g/mol. The van der Waals surface area contributed by atoms with Crippen LogP contribution in [-0.2, 0) is 23.7 Å². The number of esters is 1. The molecule has 1 fully saturated rings. The molecule has 0 aliphatic carbocycles. The molecule has 1 atom stereocenters. The van der Waals surface area contributed by atoms with Crippen molar-refractivity contribution in [2.45, 2.75) is 13.2 Å². The molecule has 0 saturated carbocycles. The molecule has 0 bridgehead atoms. The Hall–Kier alpha value is -1.85. The molecule has 0 N–H and O–H groups in total. The molecule has 108 valence electrons. The van der Waals surface area contributed by atoms with Crippen LogP contribution >= 0.6 is 0 Å². The Balaban J connectivity index is 2.13. The van der Waals surface area contributed by atoms with Gasteiger partial charge in [-0.25, -0.2) is 4.79 Å². The highest BCUT2D eigenvalue weighted by molar-refractivity contribution is 5.89. The minimum atomic E-state index is -0.510. The van der Waals surface area contributed by atoms with E-state index < -0.39 is 12.3 Å². The number of rotatable bonds is 5. The Morgan fingerprint density at radius 3 is 2.80 bits per heavy atom. The fourth-order valence-corrected chi connectivity index (χ4v) is 1.75. The van der Waals surface area contributed by atoms with Crippen LogP contribution in [0.15, 0.2) is 36.4 Å². The summed E-state index contributed by atoms with van der Waals surface area (Å²) in [5, 5.41) is 0. The fourth-order valence-electron chi connectivity index (χ4n) is 1.75. The average Bonchev–Trinajstić information content (AvgIpc) is 2.49. The molecule has 1 aliphatic rings. The van der Waals surface area contributed by atoms with Crippen molar-refractivity contribution in [3.05, 3.63) is 42.0 Å². The normalized spacial score (nSPS) is 19.4. The van der Waals surface area contributed by atoms with Gasteiger partial charge in [-0.15, -0.1) is 0 Å². The molecule has 0 amide bonds. The summed E-state index contributed by atoms with van der Waals surface area (Å²) in [6.07, 6.45) is 0.821. The van der Waals surface area contributed by atoms with Gasteiger partial charge in [0.05, 0.1) is 25.9 Å². The number of carbonyl (C=O) groups excluding carboxylic acids is 1. The molecule has 1 heterocycles. The molecule has 20 heavy (non-hydrogen) atoms. The molecule has 0 spiro atoms. The molecule has 5 nitrogen and oxygen atoms in total. The molecule has 1 aliphatic heterocycles. The maximum Gasteiger partial charge on any atom is 0.334 e. The van der Waals surface area contributed by atoms with Gasteiger partial charge in [0.25, 0.3) is 0 Å². The van der Waals surface area contributed by atoms with Crippen molar-refractivity contribution < 1.29 is 23.7 Å². The van der Waals surface area contributed by atoms with Gasteiger partial charge in [-0.05, 0) is 6.92 Å². The second-order valence-electron chi connectivity index (χ2n) is 4.12. The van der Waals surface area contributed by atoms with Gasteiger partial charge in [-0.2, -0.15) is 0 Å². The number of hydrogen-bond donors (Lipinski definition) is 0. The van der Waals surface area contributed by atoms with Gasteiger partial charge >= 0.3 is 5.97 Å². The zero-order chi connectivity index (χ0) is 14.2. The first-order valence-electron chi connectivity index (χ1n) is 6.59. The number of carbonyl (C=O) groups is 1. The van der Waals surface area contributed by atoms with Crippen molar-refractivity contribution in [3.8, 4) is 0 Å². The Morgan fingerprint density at radius 1 is 1.35 bits per heavy atom. The van der Waals surface area contributed by atoms with Crippen LogP contribution in [0.25, 0.3) is 5.76 Å². The van der Waals surface area contributed by atoms with Crippen LogP contribution in [0.2, 0.25) is 0 Å². The standard InChI is InChI=1S/C15H18O5/c1-2-18-14(16)10-13(12-6-4-3-5-7-12)20-15-11-17-8-9-19-15/h3-7,10,15H,2,8-9,11H2,1H3/b13-10-. The van der Waals surface area contributed by atoms with Crippen LogP contribution < -0.4 is 0 Å². The van der Waals surface area contributed by atoms with Crippen molar-refractivity contribution in [1.82, 2.24) is 0 Å². The Kier molecular flexibility index (Phi) is 5.58. The molecule has 1 saturated heterocycles. The lowest BCUT2D eigenvalue weighted by Gasteiger charge is -2.25. The van der Waals surface area contributed by atoms with Gasteiger partial charge in [0, 0.05) is 5.56 Å². The predicted molar refractivity (Wildman–Crippen MR) is 72.7 cm³/mol. The van der Waals surface area contributed by atoms with E-state index >= 15 is 0 Å². The minimum absolute atomic E-state index is 0.320. The van der Waals surface area contributed by atoms with Crippen LogP contribution in [0.3, 0.4) is 0 Å². The van der Waals surface area contributed by atoms with Gasteiger partial charge in [-0.1, -0.05) is 30.3 Å². The van der Waals surface area contributed by atoms with E-state index in [0.717, 1.165) is 5.56 Å². The fraction of sp³-hybridized carbons (Fsp3) is 0.400. The Labute approximate surface area is 118 Å². The molecular formula is C15H18O5. The maximum atomic E-state index is 11.6. The highest BCUT2D eigenvalue weighted by Gasteiger charge is 2.18. The topological polar surface area (TPSA) is 54.0 Å². The lowest BCUT2D eigenvalue weighted by molar-refractivity contribution is -0.182. The van der Waals surface area contributed by atoms with Crippen LogP contribution in [0.5, 0.6) is 0 Å². The van der Waals surface area contributed by atoms with Crippen LogP contribution in [0.4, 0.5) is 0 Å². The third-order valence-electron chi connectivity index (χ3n) is 2.64. The summed E-state index contributed by atoms with van der Waals surface area (Å²) in [4.78, 5) is 11.6. The predicted octanol–water partition coefficient (Wildman–Crippen LogP) is 1.98. The van der Waals surface area contributed by atoms with Crippen LogP contribution in [-0.4, -0.2) is 38.7 Å². The van der Waals surface area contributed by atoms with Gasteiger partial charge in [0.2, 0.25) is 6.29 Å². The summed E-state index contributed by atoms with van der Waals surface area (Å²) in [6.45, 7) is 3.45. The van der Waals surface area contributed by atoms with E-state index in [1.165, 1.54) is 6.08 Å². The highest BCUT2D eigenvalue weighted by Crippen LogP contribution is 2.19. The second kappa shape index (κ2) is 7.67. The third-order valence-corrected chi connectivity index (χ3v) is 2.64. The third kappa shape index (κ3) is 4.36. The van der Waals surface area contributed by atoms with Crippen molar-refractivity contribution in [2.24, 2.45) is 0 Å². The number of ether oxygens (including phenoxy) is 4. The number of benzene rings is 1. The van der Waals surface area contributed by atoms with Gasteiger partial charge in [0.15, 0.2) is 0 Å². The van der Waals surface area contributed by atoms with Crippen molar-refractivity contribution in [1.29, 1.82) is 0 Å². The molecule has 2 rings (SSSR count). The summed E-state index contributed by atoms with van der Waals surface area (Å²) in [6, 6.07) is 9.35. The summed E-state index contributed by atoms with van der Waals surface area (Å²) in [5.74, 6) is -0.0253. The van der Waals surface area contributed by atoms with E-state index in [4.69, 9.17) is 18.9 Å². The first-order valence-corrected chi connectivity index (χ1v) is 6.59. The van der Waals surface area contributed by atoms with E-state index in [2.05, 4.69) is 0 Å². The van der Waals surface area contributed by atoms with Crippen LogP contribution in [0.1, 0.15) is 12.5 Å². The molecule has 0 radical (unpaired) electrons. The van der Waals surface area contributed by atoms with E-state index in [9.17, 15) is 4.79 Å². The quantitative estimate of drug-likeness (QED) is 0.468. The highest BCUT2D eigenvalue weighted by atomic mass is 16.7. The lowest BCUT2D eigenvalue weighted by atomic mass is 10.2. The second-order valence-corrected chi connectivity index (χ2v) is 4.12. The smallest absolute Gasteiger partial charge is 0.334 e. The average molecular weight is 278 g/mol. The largest absolute Gasteiger partial charge is 0.463 e. The van der Waals surface area contributed by atoms with E-state index in [1.807, 2.05) is 30.3 Å². The summed E-state index contributed by atoms with van der Waals surface area (Å²) < 4.78 is 21.3. The SMILES string of the molecule is CCOC(=O)/C=C(\OC1COCCO1)c1ccccc1. The summed E-state index contributed by atoms with van der Waals surface area (Å²) in [7, 11) is 0. The van der Waals surface area contributed by atoms with Crippen LogP contribution in [0, 0.1) is 0 Å². The Bertz CT molecular complexity index is 449. The summed E-state index contributed by atoms with van der Waals surface area (Å²) >= 11 is 0. The molecule has 1 unspecified atom stereocenters. The first kappa shape index (κ1) is 14.6. The number of hydrogen-bond acceptors (Lipinski definition) is 5. The minimum Gasteiger partial charge on any atom is -0.463 e. The van der Waals surface area contributed by atoms with Gasteiger partial charge in [-0.3, -0.25) is 0 Å². The molecule has 5 heteroatoms. The lowest BCUT2D eigenvalue weighted by Crippen LogP contribution is -2.30. The zero-order valence-electron chi connectivity index (χ0n) is 11.4. The van der Waals surface area contributed by atoms with Gasteiger partial charge in [0.1, 0.15) is 12.4 Å². The van der Waals surface area contributed by atoms with Crippen molar-refractivity contribution in [3.63, 3.8) is 0 Å². The van der Waals surface area contributed by atoms with E-state index in [-0.39, 0.29) is 0 Å². The Morgan fingerprint density at radius 2 is 2.15 bits per heavy atom. The maximum absolute atomic E-state index is 11.6. The zero-order valence-corrected chi connectivity index (χ0v) is 11.4. The summed E-state index contributed by atoms with van der Waals surface area (Å²) in [5.41, 5.74) is 0.787. The van der Waals surface area contributed by atoms with E-state index in [1.54, 1.807) is 6.92 Å².